The molecule has 7 nitrogen and oxygen atoms in total. The summed E-state index contributed by atoms with van der Waals surface area (Å²) in [5, 5.41) is 5.78. The fourth-order valence-corrected chi connectivity index (χ4v) is 4.21. The van der Waals surface area contributed by atoms with Crippen LogP contribution in [0.4, 0.5) is 0 Å². The Labute approximate surface area is 192 Å². The highest BCUT2D eigenvalue weighted by atomic mass is 32.2. The van der Waals surface area contributed by atoms with Gasteiger partial charge in [0, 0.05) is 23.6 Å². The lowest BCUT2D eigenvalue weighted by Crippen LogP contribution is -2.21. The number of ether oxygens (including phenoxy) is 1. The molecule has 0 aliphatic carbocycles. The van der Waals surface area contributed by atoms with Crippen LogP contribution in [-0.2, 0) is 33.7 Å². The minimum atomic E-state index is -3.31. The molecule has 2 aromatic carbocycles. The SMILES string of the molecule is CNS(=O)(=O)Cc1ccc(CNC(=O)/C=C/c2ccccc2OCc2csc(C)n2)cc1. The quantitative estimate of drug-likeness (QED) is 0.442. The van der Waals surface area contributed by atoms with Crippen molar-refractivity contribution in [2.24, 2.45) is 0 Å². The van der Waals surface area contributed by atoms with Gasteiger partial charge in [-0.1, -0.05) is 42.5 Å². The maximum atomic E-state index is 12.2. The molecular formula is C23H25N3O4S2. The van der Waals surface area contributed by atoms with Crippen molar-refractivity contribution in [3.8, 4) is 5.75 Å². The topological polar surface area (TPSA) is 97.4 Å². The van der Waals surface area contributed by atoms with E-state index in [9.17, 15) is 13.2 Å². The monoisotopic (exact) mass is 471 g/mol. The van der Waals surface area contributed by atoms with Crippen LogP contribution in [0.25, 0.3) is 6.08 Å². The molecule has 0 radical (unpaired) electrons. The van der Waals surface area contributed by atoms with E-state index in [1.165, 1.54) is 13.1 Å². The third kappa shape index (κ3) is 7.30. The van der Waals surface area contributed by atoms with Gasteiger partial charge >= 0.3 is 0 Å². The highest BCUT2D eigenvalue weighted by molar-refractivity contribution is 7.88. The first-order chi connectivity index (χ1) is 15.3. The summed E-state index contributed by atoms with van der Waals surface area (Å²) < 4.78 is 31.4. The molecule has 1 aromatic heterocycles. The van der Waals surface area contributed by atoms with E-state index in [1.54, 1.807) is 41.7 Å². The minimum absolute atomic E-state index is 0.0809. The van der Waals surface area contributed by atoms with Crippen molar-refractivity contribution >= 4 is 33.3 Å². The third-order valence-electron chi connectivity index (χ3n) is 4.53. The number of thiazole rings is 1. The van der Waals surface area contributed by atoms with Crippen molar-refractivity contribution in [1.29, 1.82) is 0 Å². The molecule has 168 valence electrons. The number of aromatic nitrogens is 1. The number of rotatable bonds is 10. The predicted octanol–water partition coefficient (Wildman–Crippen LogP) is 3.41. The summed E-state index contributed by atoms with van der Waals surface area (Å²) in [5.74, 6) is 0.355. The lowest BCUT2D eigenvalue weighted by molar-refractivity contribution is -0.116. The molecular weight excluding hydrogens is 446 g/mol. The van der Waals surface area contributed by atoms with Crippen LogP contribution in [0, 0.1) is 6.92 Å². The van der Waals surface area contributed by atoms with Gasteiger partial charge < -0.3 is 10.1 Å². The van der Waals surface area contributed by atoms with Crippen LogP contribution in [0.5, 0.6) is 5.75 Å². The fraction of sp³-hybridized carbons (Fsp3) is 0.217. The van der Waals surface area contributed by atoms with E-state index in [0.29, 0.717) is 24.5 Å². The van der Waals surface area contributed by atoms with Crippen LogP contribution >= 0.6 is 11.3 Å². The van der Waals surface area contributed by atoms with Crippen LogP contribution < -0.4 is 14.8 Å². The molecule has 0 atom stereocenters. The predicted molar refractivity (Wildman–Crippen MR) is 127 cm³/mol. The molecule has 0 spiro atoms. The van der Waals surface area contributed by atoms with E-state index in [-0.39, 0.29) is 11.7 Å². The molecule has 32 heavy (non-hydrogen) atoms. The molecule has 9 heteroatoms. The third-order valence-corrected chi connectivity index (χ3v) is 6.69. The van der Waals surface area contributed by atoms with Gasteiger partial charge in [-0.15, -0.1) is 11.3 Å². The van der Waals surface area contributed by atoms with Gasteiger partial charge in [0.2, 0.25) is 15.9 Å². The van der Waals surface area contributed by atoms with Crippen LogP contribution in [0.1, 0.15) is 27.4 Å². The Kier molecular flexibility index (Phi) is 8.15. The van der Waals surface area contributed by atoms with Gasteiger partial charge in [-0.3, -0.25) is 4.79 Å². The Bertz CT molecular complexity index is 1190. The number of nitrogens with zero attached hydrogens (tertiary/aromatic N) is 1. The van der Waals surface area contributed by atoms with Gasteiger partial charge in [0.05, 0.1) is 16.5 Å². The maximum Gasteiger partial charge on any atom is 0.244 e. The average molecular weight is 472 g/mol. The smallest absolute Gasteiger partial charge is 0.244 e. The Morgan fingerprint density at radius 1 is 1.12 bits per heavy atom. The number of carbonyl (C=O) groups excluding carboxylic acids is 1. The molecule has 0 aliphatic rings. The standard InChI is InChI=1S/C23H25N3O4S2/c1-17-26-21(15-31-17)14-30-22-6-4-3-5-20(22)11-12-23(27)25-13-18-7-9-19(10-8-18)16-32(28,29)24-2/h3-12,15,24H,13-14,16H2,1-2H3,(H,25,27)/b12-11+. The first-order valence-electron chi connectivity index (χ1n) is 9.92. The Morgan fingerprint density at radius 3 is 2.53 bits per heavy atom. The second kappa shape index (κ2) is 11.0. The number of hydrogen-bond donors (Lipinski definition) is 2. The van der Waals surface area contributed by atoms with Crippen molar-refractivity contribution in [3.63, 3.8) is 0 Å². The summed E-state index contributed by atoms with van der Waals surface area (Å²) in [6.45, 7) is 2.66. The molecule has 0 saturated carbocycles. The number of nitrogens with one attached hydrogen (secondary N) is 2. The highest BCUT2D eigenvalue weighted by Gasteiger charge is 2.08. The number of benzene rings is 2. The van der Waals surface area contributed by atoms with E-state index < -0.39 is 10.0 Å². The Balaban J connectivity index is 1.53. The zero-order valence-electron chi connectivity index (χ0n) is 17.9. The van der Waals surface area contributed by atoms with E-state index in [0.717, 1.165) is 21.8 Å². The van der Waals surface area contributed by atoms with Crippen molar-refractivity contribution in [1.82, 2.24) is 15.0 Å². The molecule has 0 saturated heterocycles. The number of amides is 1. The fourth-order valence-electron chi connectivity index (χ4n) is 2.83. The highest BCUT2D eigenvalue weighted by Crippen LogP contribution is 2.21. The van der Waals surface area contributed by atoms with Gasteiger partial charge in [0.25, 0.3) is 0 Å². The summed E-state index contributed by atoms with van der Waals surface area (Å²) >= 11 is 1.58. The van der Waals surface area contributed by atoms with E-state index in [4.69, 9.17) is 4.74 Å². The number of para-hydroxylation sites is 1. The molecule has 3 rings (SSSR count). The minimum Gasteiger partial charge on any atom is -0.487 e. The molecule has 0 bridgehead atoms. The van der Waals surface area contributed by atoms with Crippen molar-refractivity contribution in [2.45, 2.75) is 25.8 Å². The first kappa shape index (κ1) is 23.6. The summed E-state index contributed by atoms with van der Waals surface area (Å²) in [5.41, 5.74) is 3.22. The number of carbonyl (C=O) groups is 1. The van der Waals surface area contributed by atoms with Crippen LogP contribution in [-0.4, -0.2) is 26.4 Å². The van der Waals surface area contributed by atoms with E-state index in [2.05, 4.69) is 15.0 Å². The molecule has 0 unspecified atom stereocenters. The number of sulfonamides is 1. The Hall–Kier alpha value is -3.01. The number of aryl methyl sites for hydroxylation is 1. The molecule has 1 amide bonds. The molecule has 3 aromatic rings. The molecule has 0 aliphatic heterocycles. The largest absolute Gasteiger partial charge is 0.487 e. The zero-order valence-corrected chi connectivity index (χ0v) is 19.5. The van der Waals surface area contributed by atoms with Crippen molar-refractivity contribution in [2.75, 3.05) is 7.05 Å². The van der Waals surface area contributed by atoms with Crippen molar-refractivity contribution in [3.05, 3.63) is 87.4 Å². The lowest BCUT2D eigenvalue weighted by Gasteiger charge is -2.08. The summed E-state index contributed by atoms with van der Waals surface area (Å²) in [6.07, 6.45) is 3.17. The van der Waals surface area contributed by atoms with Crippen LogP contribution in [0.3, 0.4) is 0 Å². The zero-order chi connectivity index (χ0) is 23.0. The van der Waals surface area contributed by atoms with E-state index in [1.807, 2.05) is 36.6 Å². The average Bonchev–Trinajstić information content (AvgIpc) is 3.21. The lowest BCUT2D eigenvalue weighted by atomic mass is 10.1. The van der Waals surface area contributed by atoms with Crippen LogP contribution in [0.15, 0.2) is 60.0 Å². The van der Waals surface area contributed by atoms with Gasteiger partial charge in [0.1, 0.15) is 12.4 Å². The molecule has 2 N–H and O–H groups in total. The second-order valence-corrected chi connectivity index (χ2v) is 10.0. The summed E-state index contributed by atoms with van der Waals surface area (Å²) in [4.78, 5) is 16.6. The van der Waals surface area contributed by atoms with Gasteiger partial charge in [-0.25, -0.2) is 18.1 Å². The maximum absolute atomic E-state index is 12.2. The Morgan fingerprint density at radius 2 is 1.84 bits per heavy atom. The first-order valence-corrected chi connectivity index (χ1v) is 12.5. The second-order valence-electron chi connectivity index (χ2n) is 7.02. The van der Waals surface area contributed by atoms with Gasteiger partial charge in [0.15, 0.2) is 0 Å². The van der Waals surface area contributed by atoms with Gasteiger partial charge in [-0.2, -0.15) is 0 Å². The van der Waals surface area contributed by atoms with Crippen molar-refractivity contribution < 1.29 is 17.9 Å². The summed E-state index contributed by atoms with van der Waals surface area (Å²) in [7, 11) is -1.92. The van der Waals surface area contributed by atoms with Gasteiger partial charge in [-0.05, 0) is 37.2 Å². The molecule has 1 heterocycles. The normalized spacial score (nSPS) is 11.6. The van der Waals surface area contributed by atoms with E-state index >= 15 is 0 Å². The number of hydrogen-bond acceptors (Lipinski definition) is 6. The molecule has 0 fully saturated rings. The summed E-state index contributed by atoms with van der Waals surface area (Å²) in [6, 6.07) is 14.6. The van der Waals surface area contributed by atoms with Crippen LogP contribution in [0.2, 0.25) is 0 Å².